The van der Waals surface area contributed by atoms with E-state index in [-0.39, 0.29) is 11.8 Å². The minimum atomic E-state index is -0.185. The predicted molar refractivity (Wildman–Crippen MR) is 136 cm³/mol. The number of H-pyrrole nitrogens is 1. The number of aromatic nitrogens is 2. The summed E-state index contributed by atoms with van der Waals surface area (Å²) in [4.78, 5) is 22.1. The lowest BCUT2D eigenvalue weighted by Crippen LogP contribution is -2.29. The lowest BCUT2D eigenvalue weighted by molar-refractivity contribution is 0.0948. The lowest BCUT2D eigenvalue weighted by Gasteiger charge is -2.19. The van der Waals surface area contributed by atoms with Crippen LogP contribution in [-0.4, -0.2) is 22.4 Å². The molecule has 0 radical (unpaired) electrons. The Morgan fingerprint density at radius 2 is 1.73 bits per heavy atom. The van der Waals surface area contributed by atoms with E-state index in [0.29, 0.717) is 17.3 Å². The van der Waals surface area contributed by atoms with Crippen molar-refractivity contribution in [2.45, 2.75) is 12.8 Å². The molecule has 2 aromatic heterocycles. The first kappa shape index (κ1) is 21.4. The van der Waals surface area contributed by atoms with Crippen molar-refractivity contribution in [1.82, 2.24) is 15.3 Å². The highest BCUT2D eigenvalue weighted by Gasteiger charge is 2.23. The number of para-hydroxylation sites is 1. The van der Waals surface area contributed by atoms with Crippen LogP contribution in [0.1, 0.15) is 32.5 Å². The van der Waals surface area contributed by atoms with E-state index in [0.717, 1.165) is 37.5 Å². The van der Waals surface area contributed by atoms with Crippen LogP contribution in [0, 0.1) is 6.92 Å². The van der Waals surface area contributed by atoms with Crippen LogP contribution in [0.25, 0.3) is 21.3 Å². The number of aromatic amines is 1. The molecule has 6 heteroatoms. The number of aryl methyl sites for hydroxylation is 1. The molecule has 0 fully saturated rings. The standard InChI is InChI=1S/C27H22ClN3OS/c1-17-31-25(26(33-17)18-9-3-2-4-10-18)27(32)30-16-21(19-11-5-7-13-23(19)28)22-15-29-24-14-8-6-12-20(22)24/h2-15,21,29H,16H2,1H3,(H,30,32). The van der Waals surface area contributed by atoms with Crippen molar-refractivity contribution in [3.63, 3.8) is 0 Å². The van der Waals surface area contributed by atoms with Crippen molar-refractivity contribution in [2.75, 3.05) is 6.54 Å². The maximum Gasteiger partial charge on any atom is 0.271 e. The number of thiazole rings is 1. The molecule has 0 aliphatic carbocycles. The number of nitrogens with one attached hydrogen (secondary N) is 2. The Morgan fingerprint density at radius 1 is 1.00 bits per heavy atom. The second-order valence-corrected chi connectivity index (χ2v) is 9.46. The summed E-state index contributed by atoms with van der Waals surface area (Å²) in [5.74, 6) is -0.297. The number of fused-ring (bicyclic) bond motifs is 1. The Bertz CT molecular complexity index is 1420. The molecule has 4 nitrogen and oxygen atoms in total. The first-order valence-electron chi connectivity index (χ1n) is 10.7. The van der Waals surface area contributed by atoms with E-state index in [1.54, 1.807) is 0 Å². The number of benzene rings is 3. The van der Waals surface area contributed by atoms with E-state index in [1.807, 2.05) is 85.9 Å². The average Bonchev–Trinajstić information content (AvgIpc) is 3.45. The van der Waals surface area contributed by atoms with E-state index in [2.05, 4.69) is 21.4 Å². The Balaban J connectivity index is 1.48. The number of nitrogens with zero attached hydrogens (tertiary/aromatic N) is 1. The normalized spacial score (nSPS) is 12.1. The van der Waals surface area contributed by atoms with Crippen LogP contribution in [0.4, 0.5) is 0 Å². The molecule has 0 saturated carbocycles. The summed E-state index contributed by atoms with van der Waals surface area (Å²) in [6, 6.07) is 25.9. The second-order valence-electron chi connectivity index (χ2n) is 7.85. The average molecular weight is 472 g/mol. The fourth-order valence-electron chi connectivity index (χ4n) is 4.17. The van der Waals surface area contributed by atoms with Crippen molar-refractivity contribution >= 4 is 39.7 Å². The molecule has 1 atom stereocenters. The van der Waals surface area contributed by atoms with Crippen LogP contribution in [-0.2, 0) is 0 Å². The first-order chi connectivity index (χ1) is 16.1. The zero-order chi connectivity index (χ0) is 22.8. The monoisotopic (exact) mass is 471 g/mol. The van der Waals surface area contributed by atoms with Crippen molar-refractivity contribution in [1.29, 1.82) is 0 Å². The topological polar surface area (TPSA) is 57.8 Å². The van der Waals surface area contributed by atoms with Crippen LogP contribution < -0.4 is 5.32 Å². The van der Waals surface area contributed by atoms with Gasteiger partial charge >= 0.3 is 0 Å². The molecule has 2 heterocycles. The fourth-order valence-corrected chi connectivity index (χ4v) is 5.36. The van der Waals surface area contributed by atoms with Crippen molar-refractivity contribution in [2.24, 2.45) is 0 Å². The van der Waals surface area contributed by atoms with Crippen molar-refractivity contribution in [3.05, 3.63) is 112 Å². The van der Waals surface area contributed by atoms with Gasteiger partial charge in [0.15, 0.2) is 0 Å². The van der Waals surface area contributed by atoms with E-state index < -0.39 is 0 Å². The van der Waals surface area contributed by atoms with E-state index >= 15 is 0 Å². The summed E-state index contributed by atoms with van der Waals surface area (Å²) in [7, 11) is 0. The number of hydrogen-bond donors (Lipinski definition) is 2. The van der Waals surface area contributed by atoms with Gasteiger partial charge in [0.05, 0.1) is 9.88 Å². The second kappa shape index (κ2) is 9.22. The molecule has 5 aromatic rings. The highest BCUT2D eigenvalue weighted by molar-refractivity contribution is 7.15. The third-order valence-electron chi connectivity index (χ3n) is 5.73. The molecule has 0 aliphatic rings. The zero-order valence-corrected chi connectivity index (χ0v) is 19.6. The summed E-state index contributed by atoms with van der Waals surface area (Å²) in [5.41, 5.74) is 4.57. The van der Waals surface area contributed by atoms with Gasteiger partial charge in [-0.25, -0.2) is 4.98 Å². The van der Waals surface area contributed by atoms with Crippen molar-refractivity contribution < 1.29 is 4.79 Å². The largest absolute Gasteiger partial charge is 0.361 e. The van der Waals surface area contributed by atoms with Crippen LogP contribution in [0.3, 0.4) is 0 Å². The van der Waals surface area contributed by atoms with E-state index in [4.69, 9.17) is 11.6 Å². The maximum atomic E-state index is 13.3. The molecule has 5 rings (SSSR count). The van der Waals surface area contributed by atoms with Gasteiger partial charge in [0, 0.05) is 34.6 Å². The van der Waals surface area contributed by atoms with Crippen LogP contribution in [0.2, 0.25) is 5.02 Å². The van der Waals surface area contributed by atoms with Gasteiger partial charge in [0.1, 0.15) is 5.69 Å². The van der Waals surface area contributed by atoms with Gasteiger partial charge in [-0.3, -0.25) is 4.79 Å². The molecule has 1 amide bonds. The molecule has 2 N–H and O–H groups in total. The van der Waals surface area contributed by atoms with Crippen LogP contribution >= 0.6 is 22.9 Å². The number of rotatable bonds is 6. The SMILES string of the molecule is Cc1nc(C(=O)NCC(c2ccccc2Cl)c2c[nH]c3ccccc23)c(-c2ccccc2)s1. The molecule has 0 spiro atoms. The Labute approximate surface area is 201 Å². The predicted octanol–water partition coefficient (Wildman–Crippen LogP) is 6.82. The van der Waals surface area contributed by atoms with Gasteiger partial charge in [0.25, 0.3) is 5.91 Å². The summed E-state index contributed by atoms with van der Waals surface area (Å²) < 4.78 is 0. The fraction of sp³-hybridized carbons (Fsp3) is 0.111. The lowest BCUT2D eigenvalue weighted by atomic mass is 9.90. The third kappa shape index (κ3) is 4.30. The minimum Gasteiger partial charge on any atom is -0.361 e. The van der Waals surface area contributed by atoms with Gasteiger partial charge in [0.2, 0.25) is 0 Å². The quantitative estimate of drug-likeness (QED) is 0.285. The van der Waals surface area contributed by atoms with E-state index in [1.165, 1.54) is 11.3 Å². The first-order valence-corrected chi connectivity index (χ1v) is 11.9. The van der Waals surface area contributed by atoms with E-state index in [9.17, 15) is 4.79 Å². The summed E-state index contributed by atoms with van der Waals surface area (Å²) in [6.07, 6.45) is 2.01. The maximum absolute atomic E-state index is 13.3. The molecule has 1 unspecified atom stereocenters. The third-order valence-corrected chi connectivity index (χ3v) is 7.09. The molecule has 0 saturated heterocycles. The van der Waals surface area contributed by atoms with Crippen LogP contribution in [0.15, 0.2) is 85.1 Å². The summed E-state index contributed by atoms with van der Waals surface area (Å²) in [5, 5.41) is 5.79. The van der Waals surface area contributed by atoms with Gasteiger partial charge in [-0.15, -0.1) is 11.3 Å². The molecule has 0 bridgehead atoms. The van der Waals surface area contributed by atoms with Gasteiger partial charge in [-0.2, -0.15) is 0 Å². The molecule has 0 aliphatic heterocycles. The van der Waals surface area contributed by atoms with Gasteiger partial charge < -0.3 is 10.3 Å². The smallest absolute Gasteiger partial charge is 0.271 e. The number of halogens is 1. The zero-order valence-electron chi connectivity index (χ0n) is 18.0. The number of hydrogen-bond acceptors (Lipinski definition) is 3. The van der Waals surface area contributed by atoms with Crippen LogP contribution in [0.5, 0.6) is 0 Å². The molecular weight excluding hydrogens is 450 g/mol. The molecule has 164 valence electrons. The number of amides is 1. The Kier molecular flexibility index (Phi) is 5.99. The summed E-state index contributed by atoms with van der Waals surface area (Å²) >= 11 is 8.12. The number of carbonyl (C=O) groups is 1. The highest BCUT2D eigenvalue weighted by Crippen LogP contribution is 2.35. The highest BCUT2D eigenvalue weighted by atomic mass is 35.5. The molecule has 3 aromatic carbocycles. The summed E-state index contributed by atoms with van der Waals surface area (Å²) in [6.45, 7) is 2.32. The van der Waals surface area contributed by atoms with Gasteiger partial charge in [-0.1, -0.05) is 78.3 Å². The Hall–Kier alpha value is -3.41. The minimum absolute atomic E-state index is 0.112. The molecule has 33 heavy (non-hydrogen) atoms. The van der Waals surface area contributed by atoms with Crippen molar-refractivity contribution in [3.8, 4) is 10.4 Å². The van der Waals surface area contributed by atoms with Gasteiger partial charge in [-0.05, 0) is 35.7 Å². The number of carbonyl (C=O) groups excluding carboxylic acids is 1. The molecular formula is C27H22ClN3OS. The Morgan fingerprint density at radius 3 is 2.55 bits per heavy atom.